The van der Waals surface area contributed by atoms with Gasteiger partial charge in [0.2, 0.25) is 0 Å². The summed E-state index contributed by atoms with van der Waals surface area (Å²) in [7, 11) is 0. The molecule has 1 aromatic carbocycles. The summed E-state index contributed by atoms with van der Waals surface area (Å²) >= 11 is 5.70. The highest BCUT2D eigenvalue weighted by atomic mass is 35.5. The average Bonchev–Trinajstić information content (AvgIpc) is 2.64. The molecule has 25 heavy (non-hydrogen) atoms. The quantitative estimate of drug-likeness (QED) is 0.716. The van der Waals surface area contributed by atoms with Gasteiger partial charge in [0.25, 0.3) is 0 Å². The monoisotopic (exact) mass is 370 g/mol. The minimum atomic E-state index is -0.535. The van der Waals surface area contributed by atoms with E-state index in [0.717, 1.165) is 12.8 Å². The second-order valence-corrected chi connectivity index (χ2v) is 6.90. The minimum Gasteiger partial charge on any atom is -0.352 e. The first kappa shape index (κ1) is 18.8. The molecule has 138 valence electrons. The lowest BCUT2D eigenvalue weighted by Crippen LogP contribution is -2.33. The number of allylic oxidation sites excluding steroid dienone is 1. The molecular weight excluding hydrogens is 347 g/mol. The van der Waals surface area contributed by atoms with Gasteiger partial charge in [-0.3, -0.25) is 0 Å². The van der Waals surface area contributed by atoms with E-state index in [0.29, 0.717) is 37.9 Å². The molecule has 0 atom stereocenters. The lowest BCUT2D eigenvalue weighted by Gasteiger charge is -2.32. The van der Waals surface area contributed by atoms with Crippen molar-refractivity contribution in [2.24, 2.45) is 11.8 Å². The van der Waals surface area contributed by atoms with Crippen LogP contribution in [-0.2, 0) is 18.9 Å². The predicted molar refractivity (Wildman–Crippen MR) is 92.8 cm³/mol. The standard InChI is InChI=1S/C19H24ClFO4/c1-2-3-13-9-22-18(23-10-13)7-4-14-11-24-19(25-12-14)15-5-6-16(20)17(21)8-15/h2-3,5-6,8,13-14,18-19H,4,7,9-12H2,1H3/b3-2+/t13-,14-,18-,19-. The van der Waals surface area contributed by atoms with Crippen LogP contribution in [0.3, 0.4) is 0 Å². The van der Waals surface area contributed by atoms with Crippen molar-refractivity contribution in [2.45, 2.75) is 32.3 Å². The van der Waals surface area contributed by atoms with E-state index >= 15 is 0 Å². The zero-order chi connectivity index (χ0) is 17.6. The number of ether oxygens (including phenoxy) is 4. The van der Waals surface area contributed by atoms with Crippen LogP contribution in [0.25, 0.3) is 0 Å². The van der Waals surface area contributed by atoms with Crippen molar-refractivity contribution in [1.82, 2.24) is 0 Å². The molecule has 0 saturated carbocycles. The van der Waals surface area contributed by atoms with Crippen molar-refractivity contribution in [3.05, 3.63) is 46.8 Å². The van der Waals surface area contributed by atoms with E-state index in [-0.39, 0.29) is 17.2 Å². The van der Waals surface area contributed by atoms with Crippen molar-refractivity contribution in [3.8, 4) is 0 Å². The third-order valence-corrected chi connectivity index (χ3v) is 4.76. The second-order valence-electron chi connectivity index (χ2n) is 6.50. The SMILES string of the molecule is C/C=C/[C@H]1CO[C@H](CC[C@H]2CO[C@H](c3ccc(Cl)c(F)c3)OC2)OC1. The number of halogens is 2. The van der Waals surface area contributed by atoms with Crippen LogP contribution >= 0.6 is 11.6 Å². The van der Waals surface area contributed by atoms with Gasteiger partial charge in [-0.2, -0.15) is 0 Å². The van der Waals surface area contributed by atoms with Gasteiger partial charge >= 0.3 is 0 Å². The number of hydrogen-bond donors (Lipinski definition) is 0. The fraction of sp³-hybridized carbons (Fsp3) is 0.579. The Hall–Kier alpha value is -0.980. The number of rotatable bonds is 5. The molecule has 1 aromatic rings. The highest BCUT2D eigenvalue weighted by molar-refractivity contribution is 6.30. The zero-order valence-electron chi connectivity index (χ0n) is 14.3. The van der Waals surface area contributed by atoms with Crippen LogP contribution in [0.2, 0.25) is 5.02 Å². The van der Waals surface area contributed by atoms with Gasteiger partial charge in [-0.1, -0.05) is 29.8 Å². The Morgan fingerprint density at radius 2 is 1.80 bits per heavy atom. The molecule has 0 amide bonds. The normalized spacial score (nSPS) is 30.7. The van der Waals surface area contributed by atoms with Crippen LogP contribution in [0.4, 0.5) is 4.39 Å². The van der Waals surface area contributed by atoms with Gasteiger partial charge < -0.3 is 18.9 Å². The van der Waals surface area contributed by atoms with E-state index in [1.165, 1.54) is 12.1 Å². The Labute approximate surface area is 152 Å². The molecule has 0 bridgehead atoms. The summed E-state index contributed by atoms with van der Waals surface area (Å²) in [4.78, 5) is 0. The molecule has 2 saturated heterocycles. The van der Waals surface area contributed by atoms with Crippen molar-refractivity contribution in [2.75, 3.05) is 26.4 Å². The van der Waals surface area contributed by atoms with Crippen LogP contribution in [0.15, 0.2) is 30.4 Å². The van der Waals surface area contributed by atoms with Crippen LogP contribution < -0.4 is 0 Å². The maximum atomic E-state index is 13.5. The molecule has 3 rings (SSSR count). The third kappa shape index (κ3) is 5.25. The third-order valence-electron chi connectivity index (χ3n) is 4.45. The van der Waals surface area contributed by atoms with Gasteiger partial charge in [-0.15, -0.1) is 0 Å². The van der Waals surface area contributed by atoms with Crippen LogP contribution in [-0.4, -0.2) is 32.7 Å². The molecule has 6 heteroatoms. The maximum absolute atomic E-state index is 13.5. The molecule has 0 aromatic heterocycles. The van der Waals surface area contributed by atoms with E-state index < -0.39 is 12.1 Å². The summed E-state index contributed by atoms with van der Waals surface area (Å²) < 4.78 is 36.5. The summed E-state index contributed by atoms with van der Waals surface area (Å²) in [5.41, 5.74) is 0.648. The maximum Gasteiger partial charge on any atom is 0.183 e. The topological polar surface area (TPSA) is 36.9 Å². The van der Waals surface area contributed by atoms with Gasteiger partial charge in [-0.25, -0.2) is 4.39 Å². The zero-order valence-corrected chi connectivity index (χ0v) is 15.1. The molecule has 2 aliphatic rings. The first-order chi connectivity index (χ1) is 12.2. The summed E-state index contributed by atoms with van der Waals surface area (Å²) in [6, 6.07) is 4.60. The van der Waals surface area contributed by atoms with Crippen LogP contribution in [0.5, 0.6) is 0 Å². The molecule has 0 spiro atoms. The van der Waals surface area contributed by atoms with E-state index in [4.69, 9.17) is 30.5 Å². The second kappa shape index (κ2) is 9.10. The predicted octanol–water partition coefficient (Wildman–Crippen LogP) is 4.49. The minimum absolute atomic E-state index is 0.0987. The molecule has 0 aliphatic carbocycles. The molecule has 2 aliphatic heterocycles. The summed E-state index contributed by atoms with van der Waals surface area (Å²) in [5, 5.41) is 0.0987. The smallest absolute Gasteiger partial charge is 0.183 e. The summed E-state index contributed by atoms with van der Waals surface area (Å²) in [6.07, 6.45) is 5.17. The highest BCUT2D eigenvalue weighted by Crippen LogP contribution is 2.29. The first-order valence-electron chi connectivity index (χ1n) is 8.70. The van der Waals surface area contributed by atoms with Crippen molar-refractivity contribution < 1.29 is 23.3 Å². The van der Waals surface area contributed by atoms with Gasteiger partial charge in [0.05, 0.1) is 31.5 Å². The van der Waals surface area contributed by atoms with Crippen LogP contribution in [0.1, 0.15) is 31.6 Å². The fourth-order valence-electron chi connectivity index (χ4n) is 3.04. The Balaban J connectivity index is 1.39. The molecular formula is C19H24ClFO4. The van der Waals surface area contributed by atoms with E-state index in [1.807, 2.05) is 13.0 Å². The fourth-order valence-corrected chi connectivity index (χ4v) is 3.16. The Kier molecular flexibility index (Phi) is 6.84. The Morgan fingerprint density at radius 1 is 1.08 bits per heavy atom. The Morgan fingerprint density at radius 3 is 2.44 bits per heavy atom. The first-order valence-corrected chi connectivity index (χ1v) is 9.07. The van der Waals surface area contributed by atoms with E-state index in [1.54, 1.807) is 6.07 Å². The van der Waals surface area contributed by atoms with E-state index in [2.05, 4.69) is 6.08 Å². The Bertz CT molecular complexity index is 579. The van der Waals surface area contributed by atoms with Gasteiger partial charge in [0, 0.05) is 17.4 Å². The summed E-state index contributed by atoms with van der Waals surface area (Å²) in [5.74, 6) is 0.174. The molecule has 0 unspecified atom stereocenters. The van der Waals surface area contributed by atoms with E-state index in [9.17, 15) is 4.39 Å². The number of benzene rings is 1. The van der Waals surface area contributed by atoms with Crippen molar-refractivity contribution in [1.29, 1.82) is 0 Å². The van der Waals surface area contributed by atoms with Gasteiger partial charge in [0.15, 0.2) is 12.6 Å². The largest absolute Gasteiger partial charge is 0.352 e. The molecule has 4 nitrogen and oxygen atoms in total. The van der Waals surface area contributed by atoms with Crippen molar-refractivity contribution in [3.63, 3.8) is 0 Å². The molecule has 0 radical (unpaired) electrons. The molecule has 2 fully saturated rings. The average molecular weight is 371 g/mol. The van der Waals surface area contributed by atoms with Gasteiger partial charge in [0.1, 0.15) is 5.82 Å². The number of hydrogen-bond acceptors (Lipinski definition) is 4. The summed E-state index contributed by atoms with van der Waals surface area (Å²) in [6.45, 7) is 4.56. The molecule has 2 heterocycles. The van der Waals surface area contributed by atoms with Crippen LogP contribution in [0, 0.1) is 17.7 Å². The van der Waals surface area contributed by atoms with Crippen molar-refractivity contribution >= 4 is 11.6 Å². The molecule has 0 N–H and O–H groups in total. The lowest BCUT2D eigenvalue weighted by atomic mass is 10.0. The van der Waals surface area contributed by atoms with Gasteiger partial charge in [-0.05, 0) is 31.9 Å². The lowest BCUT2D eigenvalue weighted by molar-refractivity contribution is -0.217. The highest BCUT2D eigenvalue weighted by Gasteiger charge is 2.26.